The second-order valence-electron chi connectivity index (χ2n) is 6.25. The van der Waals surface area contributed by atoms with Gasteiger partial charge in [-0.05, 0) is 31.2 Å². The minimum absolute atomic E-state index is 0.00813. The molecule has 8 nitrogen and oxygen atoms in total. The zero-order valence-corrected chi connectivity index (χ0v) is 15.8. The third kappa shape index (κ3) is 4.55. The van der Waals surface area contributed by atoms with Gasteiger partial charge in [-0.2, -0.15) is 0 Å². The highest BCUT2D eigenvalue weighted by molar-refractivity contribution is 7.91. The molecule has 9 heteroatoms. The number of Topliss-reactive ketones (excluding diaryl/α,β-unsaturated/α-hetero) is 1. The number of hydrogen-bond donors (Lipinski definition) is 2. The van der Waals surface area contributed by atoms with Crippen molar-refractivity contribution in [3.8, 4) is 5.75 Å². The summed E-state index contributed by atoms with van der Waals surface area (Å²) < 4.78 is 30.3. The number of benzene rings is 2. The number of amides is 2. The molecule has 0 spiro atoms. The maximum Gasteiger partial charge on any atom is 0.262 e. The van der Waals surface area contributed by atoms with Crippen LogP contribution in [0.3, 0.4) is 0 Å². The number of fused-ring (bicyclic) bond motifs is 1. The summed E-state index contributed by atoms with van der Waals surface area (Å²) in [4.78, 5) is 34.8. The molecule has 1 aliphatic rings. The molecule has 28 heavy (non-hydrogen) atoms. The first-order chi connectivity index (χ1) is 13.2. The third-order valence-electron chi connectivity index (χ3n) is 4.10. The van der Waals surface area contributed by atoms with Crippen LogP contribution in [-0.2, 0) is 19.4 Å². The number of sulfone groups is 1. The summed E-state index contributed by atoms with van der Waals surface area (Å²) in [5.74, 6) is -1.05. The molecule has 0 aromatic heterocycles. The van der Waals surface area contributed by atoms with Gasteiger partial charge in [0.15, 0.2) is 22.2 Å². The van der Waals surface area contributed by atoms with Crippen molar-refractivity contribution in [1.29, 1.82) is 0 Å². The number of ether oxygens (including phenoxy) is 1. The zero-order chi connectivity index (χ0) is 20.3. The SMILES string of the molecule is CC(=O)c1cccc(NC(=O)CCS(=O)(=O)c2ccc3c(c2)OCC(=O)N3)c1. The van der Waals surface area contributed by atoms with Gasteiger partial charge in [0.05, 0.1) is 16.3 Å². The average Bonchev–Trinajstić information content (AvgIpc) is 2.66. The van der Waals surface area contributed by atoms with Crippen LogP contribution < -0.4 is 15.4 Å². The van der Waals surface area contributed by atoms with Gasteiger partial charge in [0.1, 0.15) is 5.75 Å². The largest absolute Gasteiger partial charge is 0.482 e. The Labute approximate surface area is 161 Å². The van der Waals surface area contributed by atoms with Crippen molar-refractivity contribution in [2.75, 3.05) is 23.0 Å². The van der Waals surface area contributed by atoms with Crippen molar-refractivity contribution < 1.29 is 27.5 Å². The normalized spacial score (nSPS) is 13.1. The summed E-state index contributed by atoms with van der Waals surface area (Å²) in [6.07, 6.45) is -0.249. The van der Waals surface area contributed by atoms with Crippen LogP contribution in [-0.4, -0.2) is 38.4 Å². The van der Waals surface area contributed by atoms with Crippen molar-refractivity contribution in [2.24, 2.45) is 0 Å². The molecular formula is C19H18N2O6S. The van der Waals surface area contributed by atoms with Crippen LogP contribution in [0.25, 0.3) is 0 Å². The molecule has 0 fully saturated rings. The Bertz CT molecular complexity index is 1060. The molecule has 146 valence electrons. The van der Waals surface area contributed by atoms with E-state index in [0.29, 0.717) is 16.9 Å². The van der Waals surface area contributed by atoms with Crippen LogP contribution >= 0.6 is 0 Å². The first-order valence-corrected chi connectivity index (χ1v) is 10.1. The Morgan fingerprint density at radius 2 is 1.96 bits per heavy atom. The van der Waals surface area contributed by atoms with E-state index in [9.17, 15) is 22.8 Å². The maximum absolute atomic E-state index is 12.5. The Morgan fingerprint density at radius 1 is 1.18 bits per heavy atom. The van der Waals surface area contributed by atoms with Crippen LogP contribution in [0, 0.1) is 0 Å². The van der Waals surface area contributed by atoms with Crippen LogP contribution in [0.2, 0.25) is 0 Å². The predicted octanol–water partition coefficient (Wildman–Crippen LogP) is 2.02. The molecule has 0 aliphatic carbocycles. The summed E-state index contributed by atoms with van der Waals surface area (Å²) in [6.45, 7) is 1.24. The molecule has 1 heterocycles. The minimum Gasteiger partial charge on any atom is -0.482 e. The van der Waals surface area contributed by atoms with E-state index in [1.165, 1.54) is 31.2 Å². The lowest BCUT2D eigenvalue weighted by Gasteiger charge is -2.18. The van der Waals surface area contributed by atoms with Gasteiger partial charge in [-0.1, -0.05) is 12.1 Å². The van der Waals surface area contributed by atoms with Crippen LogP contribution in [0.1, 0.15) is 23.7 Å². The first kappa shape index (κ1) is 19.6. The van der Waals surface area contributed by atoms with Gasteiger partial charge in [-0.25, -0.2) is 8.42 Å². The van der Waals surface area contributed by atoms with Gasteiger partial charge in [0.2, 0.25) is 5.91 Å². The Balaban J connectivity index is 1.65. The molecule has 0 bridgehead atoms. The van der Waals surface area contributed by atoms with Gasteiger partial charge in [-0.3, -0.25) is 14.4 Å². The second kappa shape index (κ2) is 7.81. The number of hydrogen-bond acceptors (Lipinski definition) is 6. The van der Waals surface area contributed by atoms with E-state index >= 15 is 0 Å². The van der Waals surface area contributed by atoms with Gasteiger partial charge < -0.3 is 15.4 Å². The summed E-state index contributed by atoms with van der Waals surface area (Å²) in [5, 5.41) is 5.17. The molecule has 0 atom stereocenters. The van der Waals surface area contributed by atoms with Crippen LogP contribution in [0.15, 0.2) is 47.4 Å². The lowest BCUT2D eigenvalue weighted by atomic mass is 10.1. The monoisotopic (exact) mass is 402 g/mol. The van der Waals surface area contributed by atoms with Crippen molar-refractivity contribution in [3.05, 3.63) is 48.0 Å². The fraction of sp³-hybridized carbons (Fsp3) is 0.211. The lowest BCUT2D eigenvalue weighted by molar-refractivity contribution is -0.118. The molecule has 0 saturated heterocycles. The summed E-state index contributed by atoms with van der Waals surface area (Å²) >= 11 is 0. The van der Waals surface area contributed by atoms with Crippen molar-refractivity contribution in [2.45, 2.75) is 18.2 Å². The lowest BCUT2D eigenvalue weighted by Crippen LogP contribution is -2.25. The maximum atomic E-state index is 12.5. The Morgan fingerprint density at radius 3 is 2.71 bits per heavy atom. The molecule has 2 N–H and O–H groups in total. The molecule has 0 radical (unpaired) electrons. The standard InChI is InChI=1S/C19H18N2O6S/c1-12(22)13-3-2-4-14(9-13)20-18(23)7-8-28(25,26)15-5-6-16-17(10-15)27-11-19(24)21-16/h2-6,9-10H,7-8,11H2,1H3,(H,20,23)(H,21,24). The van der Waals surface area contributed by atoms with E-state index in [4.69, 9.17) is 4.74 Å². The molecule has 2 amide bonds. The highest BCUT2D eigenvalue weighted by Gasteiger charge is 2.22. The van der Waals surface area contributed by atoms with Gasteiger partial charge in [-0.15, -0.1) is 0 Å². The van der Waals surface area contributed by atoms with Gasteiger partial charge >= 0.3 is 0 Å². The van der Waals surface area contributed by atoms with E-state index in [0.717, 1.165) is 0 Å². The summed E-state index contributed by atoms with van der Waals surface area (Å²) in [7, 11) is -3.72. The molecule has 3 rings (SSSR count). The van der Waals surface area contributed by atoms with Crippen molar-refractivity contribution in [3.63, 3.8) is 0 Å². The number of rotatable bonds is 6. The number of anilines is 2. The summed E-state index contributed by atoms with van der Waals surface area (Å²) in [6, 6.07) is 10.6. The number of carbonyl (C=O) groups excluding carboxylic acids is 3. The number of carbonyl (C=O) groups is 3. The molecular weight excluding hydrogens is 384 g/mol. The molecule has 0 saturated carbocycles. The van der Waals surface area contributed by atoms with E-state index in [-0.39, 0.29) is 35.4 Å². The van der Waals surface area contributed by atoms with E-state index in [1.54, 1.807) is 18.2 Å². The Hall–Kier alpha value is -3.20. The van der Waals surface area contributed by atoms with Crippen LogP contribution in [0.5, 0.6) is 5.75 Å². The zero-order valence-electron chi connectivity index (χ0n) is 15.0. The Kier molecular flexibility index (Phi) is 5.46. The average molecular weight is 402 g/mol. The third-order valence-corrected chi connectivity index (χ3v) is 5.81. The molecule has 2 aromatic rings. The van der Waals surface area contributed by atoms with Crippen molar-refractivity contribution in [1.82, 2.24) is 0 Å². The molecule has 2 aromatic carbocycles. The minimum atomic E-state index is -3.72. The molecule has 1 aliphatic heterocycles. The van der Waals surface area contributed by atoms with Crippen molar-refractivity contribution >= 4 is 38.8 Å². The van der Waals surface area contributed by atoms with Gasteiger partial charge in [0.25, 0.3) is 5.91 Å². The molecule has 0 unspecified atom stereocenters. The first-order valence-electron chi connectivity index (χ1n) is 8.45. The van der Waals surface area contributed by atoms with E-state index < -0.39 is 21.5 Å². The van der Waals surface area contributed by atoms with Gasteiger partial charge in [0, 0.05) is 23.7 Å². The quantitative estimate of drug-likeness (QED) is 0.714. The fourth-order valence-corrected chi connectivity index (χ4v) is 3.88. The van der Waals surface area contributed by atoms with E-state index in [2.05, 4.69) is 10.6 Å². The fourth-order valence-electron chi connectivity index (χ4n) is 2.63. The predicted molar refractivity (Wildman–Crippen MR) is 102 cm³/mol. The second-order valence-corrected chi connectivity index (χ2v) is 8.36. The summed E-state index contributed by atoms with van der Waals surface area (Å²) in [5.41, 5.74) is 1.28. The smallest absolute Gasteiger partial charge is 0.262 e. The highest BCUT2D eigenvalue weighted by atomic mass is 32.2. The topological polar surface area (TPSA) is 119 Å². The van der Waals surface area contributed by atoms with Crippen LogP contribution in [0.4, 0.5) is 11.4 Å². The number of nitrogens with one attached hydrogen (secondary N) is 2. The highest BCUT2D eigenvalue weighted by Crippen LogP contribution is 2.30. The number of ketones is 1. The van der Waals surface area contributed by atoms with E-state index in [1.807, 2.05) is 0 Å².